The molecule has 1 fully saturated rings. The van der Waals surface area contributed by atoms with Gasteiger partial charge in [-0.25, -0.2) is 0 Å². The third-order valence-electron chi connectivity index (χ3n) is 3.72. The van der Waals surface area contributed by atoms with Crippen LogP contribution in [-0.4, -0.2) is 28.6 Å². The van der Waals surface area contributed by atoms with E-state index in [1.165, 1.54) is 12.8 Å². The molecule has 0 spiro atoms. The molecule has 0 aliphatic heterocycles. The Morgan fingerprint density at radius 2 is 2.04 bits per heavy atom. The molecule has 1 saturated carbocycles. The second-order valence-corrected chi connectivity index (χ2v) is 5.67. The Hall–Kier alpha value is -2.83. The number of nitrogens with one attached hydrogen (secondary N) is 2. The summed E-state index contributed by atoms with van der Waals surface area (Å²) < 4.78 is 5.63. The number of aryl methyl sites for hydroxylation is 1. The fraction of sp³-hybridized carbons (Fsp3) is 0.312. The second kappa shape index (κ2) is 6.12. The number of ether oxygens (including phenoxy) is 1. The molecular weight excluding hydrogens is 296 g/mol. The number of carbonyl (C=O) groups excluding carboxylic acids is 2. The highest BCUT2D eigenvalue weighted by Crippen LogP contribution is 2.29. The fourth-order valence-electron chi connectivity index (χ4n) is 2.15. The van der Waals surface area contributed by atoms with Gasteiger partial charge in [0.25, 0.3) is 11.8 Å². The van der Waals surface area contributed by atoms with Crippen LogP contribution in [0.1, 0.15) is 39.4 Å². The van der Waals surface area contributed by atoms with Crippen molar-refractivity contribution in [1.29, 1.82) is 0 Å². The lowest BCUT2D eigenvalue weighted by atomic mass is 10.2. The summed E-state index contributed by atoms with van der Waals surface area (Å²) in [5, 5.41) is 9.08. The summed E-state index contributed by atoms with van der Waals surface area (Å²) in [5.41, 5.74) is 6.58. The summed E-state index contributed by atoms with van der Waals surface area (Å²) >= 11 is 0. The molecule has 0 saturated heterocycles. The molecular formula is C16H18N4O3. The van der Waals surface area contributed by atoms with Crippen molar-refractivity contribution in [2.45, 2.75) is 19.8 Å². The van der Waals surface area contributed by atoms with Gasteiger partial charge in [0.1, 0.15) is 5.75 Å². The van der Waals surface area contributed by atoms with Crippen molar-refractivity contribution in [1.82, 2.24) is 10.2 Å². The van der Waals surface area contributed by atoms with Crippen LogP contribution >= 0.6 is 0 Å². The van der Waals surface area contributed by atoms with Gasteiger partial charge in [-0.05, 0) is 49.9 Å². The molecule has 23 heavy (non-hydrogen) atoms. The summed E-state index contributed by atoms with van der Waals surface area (Å²) in [6.45, 7) is 2.42. The van der Waals surface area contributed by atoms with Crippen LogP contribution in [0.15, 0.2) is 24.3 Å². The first kappa shape index (κ1) is 15.1. The molecule has 2 aromatic rings. The summed E-state index contributed by atoms with van der Waals surface area (Å²) in [7, 11) is 0. The van der Waals surface area contributed by atoms with Gasteiger partial charge in [-0.15, -0.1) is 0 Å². The number of amides is 2. The first-order valence-electron chi connectivity index (χ1n) is 7.43. The minimum Gasteiger partial charge on any atom is -0.493 e. The molecule has 4 N–H and O–H groups in total. The smallest absolute Gasteiger partial charge is 0.271 e. The molecule has 0 unspecified atom stereocenters. The molecule has 3 rings (SSSR count). The lowest BCUT2D eigenvalue weighted by molar-refractivity contribution is 0.0996. The average molecular weight is 314 g/mol. The zero-order chi connectivity index (χ0) is 16.4. The topological polar surface area (TPSA) is 110 Å². The van der Waals surface area contributed by atoms with Crippen molar-refractivity contribution in [3.05, 3.63) is 41.2 Å². The molecule has 0 atom stereocenters. The van der Waals surface area contributed by atoms with Crippen molar-refractivity contribution in [2.75, 3.05) is 11.9 Å². The number of hydrogen-bond donors (Lipinski definition) is 3. The van der Waals surface area contributed by atoms with E-state index in [1.54, 1.807) is 31.2 Å². The fourth-order valence-corrected chi connectivity index (χ4v) is 2.15. The summed E-state index contributed by atoms with van der Waals surface area (Å²) in [6.07, 6.45) is 2.46. The number of H-pyrrole nitrogens is 1. The van der Waals surface area contributed by atoms with Crippen LogP contribution in [0.25, 0.3) is 0 Å². The van der Waals surface area contributed by atoms with E-state index in [2.05, 4.69) is 15.5 Å². The largest absolute Gasteiger partial charge is 0.493 e. The number of carbonyl (C=O) groups is 2. The summed E-state index contributed by atoms with van der Waals surface area (Å²) in [4.78, 5) is 23.6. The highest BCUT2D eigenvalue weighted by Gasteiger charge is 2.22. The standard InChI is InChI=1S/C16H18N4O3/c1-9-13(14(15(17)21)20-19-9)18-16(22)11-4-6-12(7-5-11)23-8-10-2-3-10/h4-7,10H,2-3,8H2,1H3,(H2,17,21)(H,18,22)(H,19,20). The number of nitrogens with two attached hydrogens (primary N) is 1. The van der Waals surface area contributed by atoms with E-state index in [0.29, 0.717) is 22.9 Å². The minimum atomic E-state index is -0.700. The maximum Gasteiger partial charge on any atom is 0.271 e. The van der Waals surface area contributed by atoms with E-state index in [-0.39, 0.29) is 11.6 Å². The number of nitrogens with zero attached hydrogens (tertiary/aromatic N) is 1. The van der Waals surface area contributed by atoms with E-state index in [1.807, 2.05) is 0 Å². The molecule has 0 radical (unpaired) electrons. The lowest BCUT2D eigenvalue weighted by Crippen LogP contribution is -2.18. The van der Waals surface area contributed by atoms with Gasteiger partial charge in [-0.3, -0.25) is 14.7 Å². The number of anilines is 1. The van der Waals surface area contributed by atoms with Crippen molar-refractivity contribution < 1.29 is 14.3 Å². The average Bonchev–Trinajstić information content (AvgIpc) is 3.29. The van der Waals surface area contributed by atoms with Crippen LogP contribution in [0, 0.1) is 12.8 Å². The van der Waals surface area contributed by atoms with Gasteiger partial charge in [0, 0.05) is 5.56 Å². The Kier molecular flexibility index (Phi) is 4.01. The molecule has 1 aromatic heterocycles. The molecule has 0 bridgehead atoms. The van der Waals surface area contributed by atoms with Crippen LogP contribution in [0.5, 0.6) is 5.75 Å². The number of primary amides is 1. The monoisotopic (exact) mass is 314 g/mol. The number of aromatic nitrogens is 2. The van der Waals surface area contributed by atoms with Gasteiger partial charge in [-0.2, -0.15) is 5.10 Å². The van der Waals surface area contributed by atoms with Crippen LogP contribution in [0.4, 0.5) is 5.69 Å². The predicted octanol–water partition coefficient (Wildman–Crippen LogP) is 1.86. The van der Waals surface area contributed by atoms with E-state index in [9.17, 15) is 9.59 Å². The van der Waals surface area contributed by atoms with E-state index in [0.717, 1.165) is 12.4 Å². The highest BCUT2D eigenvalue weighted by atomic mass is 16.5. The number of aromatic amines is 1. The molecule has 1 aliphatic rings. The molecule has 7 heteroatoms. The molecule has 1 aromatic carbocycles. The van der Waals surface area contributed by atoms with Gasteiger partial charge in [0.15, 0.2) is 5.69 Å². The van der Waals surface area contributed by atoms with Crippen molar-refractivity contribution in [3.8, 4) is 5.75 Å². The lowest BCUT2D eigenvalue weighted by Gasteiger charge is -2.08. The Bertz CT molecular complexity index is 732. The Labute approximate surface area is 133 Å². The zero-order valence-electron chi connectivity index (χ0n) is 12.8. The summed E-state index contributed by atoms with van der Waals surface area (Å²) in [6, 6.07) is 6.87. The number of rotatable bonds is 6. The molecule has 1 aliphatic carbocycles. The van der Waals surface area contributed by atoms with Crippen LogP contribution in [0.2, 0.25) is 0 Å². The minimum absolute atomic E-state index is 0.0141. The van der Waals surface area contributed by atoms with Crippen LogP contribution < -0.4 is 15.8 Å². The first-order chi connectivity index (χ1) is 11.0. The molecule has 120 valence electrons. The van der Waals surface area contributed by atoms with Gasteiger partial charge in [0.2, 0.25) is 0 Å². The highest BCUT2D eigenvalue weighted by molar-refractivity contribution is 6.08. The quantitative estimate of drug-likeness (QED) is 0.755. The van der Waals surface area contributed by atoms with Gasteiger partial charge in [0.05, 0.1) is 18.0 Å². The van der Waals surface area contributed by atoms with E-state index in [4.69, 9.17) is 10.5 Å². The third-order valence-corrected chi connectivity index (χ3v) is 3.72. The normalized spacial score (nSPS) is 13.6. The van der Waals surface area contributed by atoms with E-state index < -0.39 is 5.91 Å². The Morgan fingerprint density at radius 3 is 2.65 bits per heavy atom. The number of hydrogen-bond acceptors (Lipinski definition) is 4. The van der Waals surface area contributed by atoms with Crippen molar-refractivity contribution >= 4 is 17.5 Å². The van der Waals surface area contributed by atoms with Gasteiger partial charge >= 0.3 is 0 Å². The van der Waals surface area contributed by atoms with Gasteiger partial charge in [-0.1, -0.05) is 0 Å². The SMILES string of the molecule is Cc1[nH]nc(C(N)=O)c1NC(=O)c1ccc(OCC2CC2)cc1. The van der Waals surface area contributed by atoms with Crippen molar-refractivity contribution in [3.63, 3.8) is 0 Å². The Balaban J connectivity index is 1.68. The maximum atomic E-state index is 12.3. The molecule has 7 nitrogen and oxygen atoms in total. The van der Waals surface area contributed by atoms with Crippen molar-refractivity contribution in [2.24, 2.45) is 11.7 Å². The Morgan fingerprint density at radius 1 is 1.35 bits per heavy atom. The maximum absolute atomic E-state index is 12.3. The van der Waals surface area contributed by atoms with Crippen LogP contribution in [-0.2, 0) is 0 Å². The van der Waals surface area contributed by atoms with Gasteiger partial charge < -0.3 is 15.8 Å². The third kappa shape index (κ3) is 3.50. The molecule has 1 heterocycles. The van der Waals surface area contributed by atoms with E-state index >= 15 is 0 Å². The summed E-state index contributed by atoms with van der Waals surface area (Å²) in [5.74, 6) is 0.374. The van der Waals surface area contributed by atoms with Crippen LogP contribution in [0.3, 0.4) is 0 Å². The predicted molar refractivity (Wildman–Crippen MR) is 84.5 cm³/mol. The second-order valence-electron chi connectivity index (χ2n) is 5.67. The first-order valence-corrected chi connectivity index (χ1v) is 7.43. The zero-order valence-corrected chi connectivity index (χ0v) is 12.8. The molecule has 2 amide bonds. The number of benzene rings is 1.